The molecule has 0 radical (unpaired) electrons. The van der Waals surface area contributed by atoms with Crippen LogP contribution < -0.4 is 16.2 Å². The molecule has 0 saturated carbocycles. The molecule has 0 aliphatic heterocycles. The van der Waals surface area contributed by atoms with Crippen molar-refractivity contribution in [1.29, 1.82) is 0 Å². The first kappa shape index (κ1) is 19.6. The summed E-state index contributed by atoms with van der Waals surface area (Å²) in [6, 6.07) is 19.2. The lowest BCUT2D eigenvalue weighted by molar-refractivity contribution is 0.640. The Morgan fingerprint density at radius 3 is 2.40 bits per heavy atom. The number of halogens is 1. The molecule has 2 aromatic carbocycles. The summed E-state index contributed by atoms with van der Waals surface area (Å²) in [5, 5.41) is 22.3. The van der Waals surface area contributed by atoms with Crippen molar-refractivity contribution in [3.8, 4) is 5.69 Å². The first-order valence-corrected chi connectivity index (χ1v) is 9.71. The Labute approximate surface area is 177 Å². The lowest BCUT2D eigenvalue weighted by Crippen LogP contribution is -2.25. The summed E-state index contributed by atoms with van der Waals surface area (Å²) in [5.74, 6) is 0.519. The van der Waals surface area contributed by atoms with Crippen molar-refractivity contribution in [2.45, 2.75) is 6.54 Å². The summed E-state index contributed by atoms with van der Waals surface area (Å²) < 4.78 is 2.95. The second-order valence-corrected chi connectivity index (χ2v) is 6.80. The second-order valence-electron chi connectivity index (χ2n) is 6.42. The van der Waals surface area contributed by atoms with E-state index in [0.29, 0.717) is 31.3 Å². The third-order valence-corrected chi connectivity index (χ3v) is 4.72. The van der Waals surface area contributed by atoms with Crippen LogP contribution in [0.25, 0.3) is 5.69 Å². The molecule has 10 heteroatoms. The van der Waals surface area contributed by atoms with E-state index in [4.69, 9.17) is 11.6 Å². The van der Waals surface area contributed by atoms with Gasteiger partial charge in [-0.1, -0.05) is 65.2 Å². The van der Waals surface area contributed by atoms with Crippen molar-refractivity contribution in [1.82, 2.24) is 30.0 Å². The fourth-order valence-corrected chi connectivity index (χ4v) is 3.08. The molecule has 0 bridgehead atoms. The van der Waals surface area contributed by atoms with E-state index in [1.54, 1.807) is 10.9 Å². The van der Waals surface area contributed by atoms with E-state index in [-0.39, 0.29) is 10.6 Å². The predicted octanol–water partition coefficient (Wildman–Crippen LogP) is 2.44. The molecule has 0 spiro atoms. The first-order valence-electron chi connectivity index (χ1n) is 9.33. The van der Waals surface area contributed by atoms with E-state index in [1.807, 2.05) is 60.7 Å². The maximum Gasteiger partial charge on any atom is 0.287 e. The van der Waals surface area contributed by atoms with Gasteiger partial charge >= 0.3 is 0 Å². The molecule has 0 saturated heterocycles. The highest BCUT2D eigenvalue weighted by Crippen LogP contribution is 2.15. The quantitative estimate of drug-likeness (QED) is 0.420. The lowest BCUT2D eigenvalue weighted by atomic mass is 10.2. The molecular weight excluding hydrogens is 404 g/mol. The third kappa shape index (κ3) is 4.47. The van der Waals surface area contributed by atoms with Gasteiger partial charge in [-0.05, 0) is 28.1 Å². The number of hydrogen-bond acceptors (Lipinski definition) is 7. The minimum Gasteiger partial charge on any atom is -0.381 e. The van der Waals surface area contributed by atoms with Gasteiger partial charge in [-0.25, -0.2) is 4.68 Å². The van der Waals surface area contributed by atoms with Gasteiger partial charge in [0.15, 0.2) is 0 Å². The zero-order valence-corrected chi connectivity index (χ0v) is 16.7. The molecule has 2 N–H and O–H groups in total. The van der Waals surface area contributed by atoms with Crippen LogP contribution >= 0.6 is 11.6 Å². The molecule has 2 heterocycles. The monoisotopic (exact) mass is 422 g/mol. The van der Waals surface area contributed by atoms with Gasteiger partial charge in [-0.3, -0.25) is 4.79 Å². The van der Waals surface area contributed by atoms with Crippen molar-refractivity contribution in [3.63, 3.8) is 0 Å². The first-order chi connectivity index (χ1) is 14.7. The molecule has 0 atom stereocenters. The van der Waals surface area contributed by atoms with Gasteiger partial charge in [0.1, 0.15) is 5.02 Å². The average molecular weight is 423 g/mol. The van der Waals surface area contributed by atoms with Crippen molar-refractivity contribution in [3.05, 3.63) is 87.8 Å². The number of hydrogen-bond donors (Lipinski definition) is 2. The Balaban J connectivity index is 1.36. The van der Waals surface area contributed by atoms with Crippen molar-refractivity contribution >= 4 is 23.2 Å². The molecule has 4 rings (SSSR count). The minimum absolute atomic E-state index is 0.107. The highest BCUT2D eigenvalue weighted by Gasteiger charge is 2.10. The van der Waals surface area contributed by atoms with Crippen LogP contribution in [-0.2, 0) is 6.54 Å². The van der Waals surface area contributed by atoms with Crippen LogP contribution in [0.5, 0.6) is 0 Å². The van der Waals surface area contributed by atoms with Crippen LogP contribution in [0.2, 0.25) is 5.02 Å². The van der Waals surface area contributed by atoms with Crippen LogP contribution in [0.1, 0.15) is 5.56 Å². The number of rotatable bonds is 8. The Hall–Kier alpha value is -3.72. The number of aromatic nitrogens is 6. The maximum atomic E-state index is 12.5. The van der Waals surface area contributed by atoms with E-state index in [9.17, 15) is 4.79 Å². The molecule has 0 unspecified atom stereocenters. The summed E-state index contributed by atoms with van der Waals surface area (Å²) in [4.78, 5) is 12.5. The Morgan fingerprint density at radius 1 is 0.933 bits per heavy atom. The summed E-state index contributed by atoms with van der Waals surface area (Å²) in [5.41, 5.74) is 1.97. The van der Waals surface area contributed by atoms with E-state index in [1.165, 1.54) is 4.68 Å². The summed E-state index contributed by atoms with van der Waals surface area (Å²) >= 11 is 6.26. The molecule has 152 valence electrons. The molecule has 0 aliphatic rings. The minimum atomic E-state index is -0.341. The fraction of sp³-hybridized carbons (Fsp3) is 0.150. The molecule has 4 aromatic rings. The van der Waals surface area contributed by atoms with Crippen molar-refractivity contribution in [2.24, 2.45) is 0 Å². The Bertz CT molecular complexity index is 1160. The highest BCUT2D eigenvalue weighted by atomic mass is 35.5. The largest absolute Gasteiger partial charge is 0.381 e. The molecule has 0 aliphatic carbocycles. The molecule has 30 heavy (non-hydrogen) atoms. The smallest absolute Gasteiger partial charge is 0.287 e. The second kappa shape index (κ2) is 9.19. The average Bonchev–Trinajstić information content (AvgIpc) is 3.26. The summed E-state index contributed by atoms with van der Waals surface area (Å²) in [6.45, 7) is 1.37. The molecule has 0 fully saturated rings. The zero-order valence-electron chi connectivity index (χ0n) is 15.9. The Kier molecular flexibility index (Phi) is 6.00. The predicted molar refractivity (Wildman–Crippen MR) is 115 cm³/mol. The van der Waals surface area contributed by atoms with E-state index in [0.717, 1.165) is 11.3 Å². The van der Waals surface area contributed by atoms with Gasteiger partial charge in [-0.15, -0.1) is 0 Å². The van der Waals surface area contributed by atoms with Crippen LogP contribution in [0.15, 0.2) is 71.7 Å². The number of anilines is 2. The number of para-hydroxylation sites is 1. The number of tetrazole rings is 1. The fourth-order valence-electron chi connectivity index (χ4n) is 2.87. The van der Waals surface area contributed by atoms with E-state index in [2.05, 4.69) is 31.3 Å². The normalized spacial score (nSPS) is 10.7. The maximum absolute atomic E-state index is 12.5. The van der Waals surface area contributed by atoms with Gasteiger partial charge < -0.3 is 10.6 Å². The molecular formula is C20H19ClN8O. The number of nitrogens with one attached hydrogen (secondary N) is 2. The topological polar surface area (TPSA) is 103 Å². The van der Waals surface area contributed by atoms with E-state index < -0.39 is 0 Å². The van der Waals surface area contributed by atoms with Crippen LogP contribution in [0.4, 0.5) is 11.6 Å². The molecule has 0 amide bonds. The van der Waals surface area contributed by atoms with Crippen LogP contribution in [-0.4, -0.2) is 43.1 Å². The third-order valence-electron chi connectivity index (χ3n) is 4.35. The number of benzene rings is 2. The SMILES string of the molecule is O=c1c(Cl)c(NCCNc2nnnn2-c2ccccc2)cnn1Cc1ccccc1. The van der Waals surface area contributed by atoms with Gasteiger partial charge in [0, 0.05) is 13.1 Å². The highest BCUT2D eigenvalue weighted by molar-refractivity contribution is 6.32. The van der Waals surface area contributed by atoms with E-state index >= 15 is 0 Å². The Morgan fingerprint density at radius 2 is 1.63 bits per heavy atom. The van der Waals surface area contributed by atoms with Crippen molar-refractivity contribution in [2.75, 3.05) is 23.7 Å². The van der Waals surface area contributed by atoms with Gasteiger partial charge in [-0.2, -0.15) is 9.78 Å². The number of nitrogens with zero attached hydrogens (tertiary/aromatic N) is 6. The van der Waals surface area contributed by atoms with Gasteiger partial charge in [0.05, 0.1) is 24.1 Å². The molecule has 9 nitrogen and oxygen atoms in total. The standard InChI is InChI=1S/C20H19ClN8O/c21-18-17(13-24-28(19(18)30)14-15-7-3-1-4-8-15)22-11-12-23-20-25-26-27-29(20)16-9-5-2-6-10-16/h1-10,13,22H,11-12,14H2,(H,23,25,27). The zero-order chi connectivity index (χ0) is 20.8. The summed E-state index contributed by atoms with van der Waals surface area (Å²) in [6.07, 6.45) is 1.56. The lowest BCUT2D eigenvalue weighted by Gasteiger charge is -2.11. The van der Waals surface area contributed by atoms with Crippen LogP contribution in [0.3, 0.4) is 0 Å². The van der Waals surface area contributed by atoms with Gasteiger partial charge in [0.2, 0.25) is 5.95 Å². The van der Waals surface area contributed by atoms with Crippen LogP contribution in [0, 0.1) is 0 Å². The molecule has 2 aromatic heterocycles. The van der Waals surface area contributed by atoms with Gasteiger partial charge in [0.25, 0.3) is 5.56 Å². The summed E-state index contributed by atoms with van der Waals surface area (Å²) in [7, 11) is 0. The van der Waals surface area contributed by atoms with Crippen molar-refractivity contribution < 1.29 is 0 Å².